The van der Waals surface area contributed by atoms with E-state index < -0.39 is 11.6 Å². The van der Waals surface area contributed by atoms with Gasteiger partial charge >= 0.3 is 0 Å². The zero-order valence-electron chi connectivity index (χ0n) is 10.2. The lowest BCUT2D eigenvalue weighted by molar-refractivity contribution is 0.565. The number of hydrogen-bond acceptors (Lipinski definition) is 2. The molecule has 100 valence electrons. The van der Waals surface area contributed by atoms with Crippen LogP contribution in [0.4, 0.5) is 8.78 Å². The minimum absolute atomic E-state index is 0.249. The number of thiol groups is 1. The average molecular weight is 296 g/mol. The van der Waals surface area contributed by atoms with Crippen molar-refractivity contribution >= 4 is 24.4 Å². The maximum Gasteiger partial charge on any atom is 0.139 e. The van der Waals surface area contributed by atoms with E-state index in [1.807, 2.05) is 30.3 Å². The van der Waals surface area contributed by atoms with Crippen molar-refractivity contribution in [2.75, 3.05) is 11.5 Å². The highest BCUT2D eigenvalue weighted by Gasteiger charge is 2.12. The van der Waals surface area contributed by atoms with Gasteiger partial charge in [-0.1, -0.05) is 30.3 Å². The molecule has 0 aromatic heterocycles. The fourth-order valence-electron chi connectivity index (χ4n) is 1.76. The Morgan fingerprint density at radius 3 is 2.42 bits per heavy atom. The van der Waals surface area contributed by atoms with E-state index in [2.05, 4.69) is 12.6 Å². The van der Waals surface area contributed by atoms with Gasteiger partial charge in [0.1, 0.15) is 11.6 Å². The summed E-state index contributed by atoms with van der Waals surface area (Å²) in [4.78, 5) is 0.476. The fraction of sp³-hybridized carbons (Fsp3) is 0.200. The third-order valence-electron chi connectivity index (χ3n) is 2.83. The van der Waals surface area contributed by atoms with Gasteiger partial charge in [0.05, 0.1) is 0 Å². The Kier molecular flexibility index (Phi) is 5.28. The van der Waals surface area contributed by atoms with Crippen LogP contribution in [0.15, 0.2) is 53.4 Å². The highest BCUT2D eigenvalue weighted by molar-refractivity contribution is 7.99. The molecule has 0 N–H and O–H groups in total. The summed E-state index contributed by atoms with van der Waals surface area (Å²) >= 11 is 5.74. The molecule has 0 aliphatic carbocycles. The molecule has 0 nitrogen and oxygen atoms in total. The number of halogens is 2. The van der Waals surface area contributed by atoms with Crippen LogP contribution in [0, 0.1) is 11.6 Å². The van der Waals surface area contributed by atoms with Crippen molar-refractivity contribution in [2.45, 2.75) is 10.8 Å². The van der Waals surface area contributed by atoms with Crippen molar-refractivity contribution in [1.29, 1.82) is 0 Å². The van der Waals surface area contributed by atoms with Crippen molar-refractivity contribution < 1.29 is 8.78 Å². The van der Waals surface area contributed by atoms with Gasteiger partial charge in [-0.05, 0) is 23.4 Å². The maximum atomic E-state index is 13.5. The minimum atomic E-state index is -0.546. The largest absolute Gasteiger partial charge is 0.207 e. The second kappa shape index (κ2) is 6.96. The molecule has 0 fully saturated rings. The SMILES string of the molecule is Fc1ccc(SCC(CS)c2ccccc2)c(F)c1. The molecule has 0 aliphatic heterocycles. The van der Waals surface area contributed by atoms with Crippen LogP contribution in [0.1, 0.15) is 11.5 Å². The van der Waals surface area contributed by atoms with Crippen molar-refractivity contribution in [3.05, 3.63) is 65.7 Å². The topological polar surface area (TPSA) is 0 Å². The van der Waals surface area contributed by atoms with E-state index in [-0.39, 0.29) is 5.92 Å². The number of rotatable bonds is 5. The van der Waals surface area contributed by atoms with Crippen molar-refractivity contribution in [2.24, 2.45) is 0 Å². The van der Waals surface area contributed by atoms with E-state index in [9.17, 15) is 8.78 Å². The molecule has 1 atom stereocenters. The molecule has 0 spiro atoms. The predicted molar refractivity (Wildman–Crippen MR) is 80.1 cm³/mol. The minimum Gasteiger partial charge on any atom is -0.207 e. The molecule has 0 heterocycles. The van der Waals surface area contributed by atoms with Gasteiger partial charge in [0.15, 0.2) is 0 Å². The van der Waals surface area contributed by atoms with Crippen LogP contribution in [0.5, 0.6) is 0 Å². The molecule has 19 heavy (non-hydrogen) atoms. The third-order valence-corrected chi connectivity index (χ3v) is 4.48. The van der Waals surface area contributed by atoms with E-state index in [0.717, 1.165) is 11.8 Å². The average Bonchev–Trinajstić information content (AvgIpc) is 2.43. The molecule has 0 aliphatic rings. The third kappa shape index (κ3) is 3.98. The summed E-state index contributed by atoms with van der Waals surface area (Å²) in [5.41, 5.74) is 1.19. The second-order valence-electron chi connectivity index (χ2n) is 4.18. The van der Waals surface area contributed by atoms with Crippen molar-refractivity contribution in [1.82, 2.24) is 0 Å². The van der Waals surface area contributed by atoms with E-state index in [1.54, 1.807) is 0 Å². The van der Waals surface area contributed by atoms with E-state index in [4.69, 9.17) is 0 Å². The van der Waals surface area contributed by atoms with Gasteiger partial charge in [-0.15, -0.1) is 11.8 Å². The zero-order chi connectivity index (χ0) is 13.7. The Hall–Kier alpha value is -1.00. The molecule has 0 amide bonds. The van der Waals surface area contributed by atoms with Crippen LogP contribution in [0.25, 0.3) is 0 Å². The highest BCUT2D eigenvalue weighted by Crippen LogP contribution is 2.29. The molecular weight excluding hydrogens is 282 g/mol. The summed E-state index contributed by atoms with van der Waals surface area (Å²) in [6.07, 6.45) is 0. The first kappa shape index (κ1) is 14.4. The maximum absolute atomic E-state index is 13.5. The normalized spacial score (nSPS) is 12.4. The van der Waals surface area contributed by atoms with Gasteiger partial charge in [0, 0.05) is 22.6 Å². The Bertz CT molecular complexity index is 529. The zero-order valence-corrected chi connectivity index (χ0v) is 11.9. The predicted octanol–water partition coefficient (Wildman–Crippen LogP) is 4.77. The summed E-state index contributed by atoms with van der Waals surface area (Å²) < 4.78 is 26.3. The summed E-state index contributed by atoms with van der Waals surface area (Å²) in [6.45, 7) is 0. The second-order valence-corrected chi connectivity index (χ2v) is 5.60. The molecule has 2 aromatic rings. The van der Waals surface area contributed by atoms with Crippen LogP contribution in [0.2, 0.25) is 0 Å². The fourth-order valence-corrected chi connectivity index (χ4v) is 3.33. The lowest BCUT2D eigenvalue weighted by Crippen LogP contribution is -2.04. The lowest BCUT2D eigenvalue weighted by Gasteiger charge is -2.14. The summed E-state index contributed by atoms with van der Waals surface area (Å²) in [5.74, 6) is 0.612. The smallest absolute Gasteiger partial charge is 0.139 e. The molecule has 1 unspecified atom stereocenters. The Morgan fingerprint density at radius 1 is 1.05 bits per heavy atom. The number of benzene rings is 2. The van der Waals surface area contributed by atoms with Crippen LogP contribution in [0.3, 0.4) is 0 Å². The first-order valence-corrected chi connectivity index (χ1v) is 7.56. The van der Waals surface area contributed by atoms with Crippen LogP contribution in [-0.4, -0.2) is 11.5 Å². The Morgan fingerprint density at radius 2 is 1.79 bits per heavy atom. The first-order chi connectivity index (χ1) is 9.20. The molecule has 0 saturated heterocycles. The summed E-state index contributed by atoms with van der Waals surface area (Å²) in [5, 5.41) is 0. The summed E-state index contributed by atoms with van der Waals surface area (Å²) in [6, 6.07) is 13.7. The van der Waals surface area contributed by atoms with Crippen LogP contribution in [-0.2, 0) is 0 Å². The quantitative estimate of drug-likeness (QED) is 0.612. The highest BCUT2D eigenvalue weighted by atomic mass is 32.2. The van der Waals surface area contributed by atoms with Gasteiger partial charge in [-0.25, -0.2) is 8.78 Å². The molecule has 0 radical (unpaired) electrons. The number of hydrogen-bond donors (Lipinski definition) is 1. The van der Waals surface area contributed by atoms with Gasteiger partial charge in [0.2, 0.25) is 0 Å². The van der Waals surface area contributed by atoms with Crippen molar-refractivity contribution in [3.63, 3.8) is 0 Å². The van der Waals surface area contributed by atoms with Crippen molar-refractivity contribution in [3.8, 4) is 0 Å². The Labute approximate surface area is 121 Å². The first-order valence-electron chi connectivity index (χ1n) is 5.94. The van der Waals surface area contributed by atoms with E-state index >= 15 is 0 Å². The standard InChI is InChI=1S/C15H14F2S2/c16-13-6-7-15(14(17)8-13)19-10-12(9-18)11-4-2-1-3-5-11/h1-8,12,18H,9-10H2. The molecular formula is C15H14F2S2. The molecule has 0 bridgehead atoms. The van der Waals surface area contributed by atoms with Crippen LogP contribution >= 0.6 is 24.4 Å². The molecule has 2 rings (SSSR count). The van der Waals surface area contributed by atoms with Crippen LogP contribution < -0.4 is 0 Å². The van der Waals surface area contributed by atoms with Gasteiger partial charge < -0.3 is 0 Å². The van der Waals surface area contributed by atoms with E-state index in [1.165, 1.54) is 29.5 Å². The molecule has 4 heteroatoms. The Balaban J connectivity index is 2.04. The lowest BCUT2D eigenvalue weighted by atomic mass is 10.0. The van der Waals surface area contributed by atoms with Gasteiger partial charge in [-0.2, -0.15) is 12.6 Å². The molecule has 2 aromatic carbocycles. The monoisotopic (exact) mass is 296 g/mol. The molecule has 0 saturated carbocycles. The number of thioether (sulfide) groups is 1. The van der Waals surface area contributed by atoms with E-state index in [0.29, 0.717) is 10.6 Å². The summed E-state index contributed by atoms with van der Waals surface area (Å²) in [7, 11) is 0. The van der Waals surface area contributed by atoms with Gasteiger partial charge in [0.25, 0.3) is 0 Å². The van der Waals surface area contributed by atoms with Gasteiger partial charge in [-0.3, -0.25) is 0 Å².